The molecule has 0 bridgehead atoms. The molecule has 2 aromatic heterocycles. The number of para-hydroxylation sites is 2. The van der Waals surface area contributed by atoms with Gasteiger partial charge < -0.3 is 10.6 Å². The van der Waals surface area contributed by atoms with Gasteiger partial charge in [0.2, 0.25) is 0 Å². The summed E-state index contributed by atoms with van der Waals surface area (Å²) in [5.41, 5.74) is 8.54. The molecule has 0 atom stereocenters. The highest BCUT2D eigenvalue weighted by Crippen LogP contribution is 2.29. The zero-order valence-corrected chi connectivity index (χ0v) is 22.5. The molecule has 5 heteroatoms. The van der Waals surface area contributed by atoms with E-state index in [1.807, 2.05) is 24.3 Å². The first-order valence-electron chi connectivity index (χ1n) is 13.2. The second kappa shape index (κ2) is 12.4. The maximum Gasteiger partial charge on any atom is 0.0730 e. The molecule has 2 heterocycles. The molecule has 0 radical (unpaired) electrons. The molecule has 0 spiro atoms. The van der Waals surface area contributed by atoms with E-state index in [0.29, 0.717) is 0 Å². The number of hydrogen-bond donors (Lipinski definition) is 2. The number of nitrogens with zero attached hydrogens (tertiary/aromatic N) is 2. The summed E-state index contributed by atoms with van der Waals surface area (Å²) in [4.78, 5) is 9.79. The van der Waals surface area contributed by atoms with E-state index in [4.69, 9.17) is 9.97 Å². The van der Waals surface area contributed by atoms with Gasteiger partial charge in [-0.3, -0.25) is 0 Å². The maximum atomic E-state index is 4.90. The number of hydrogen-bond acceptors (Lipinski definition) is 4. The molecule has 6 aromatic rings. The number of nitrogens with one attached hydrogen (secondary N) is 2. The summed E-state index contributed by atoms with van der Waals surface area (Å²) in [6.45, 7) is 1.80. The second-order valence-electron chi connectivity index (χ2n) is 9.44. The fourth-order valence-electron chi connectivity index (χ4n) is 4.85. The van der Waals surface area contributed by atoms with Gasteiger partial charge in [-0.15, -0.1) is 12.4 Å². The Labute approximate surface area is 235 Å². The van der Waals surface area contributed by atoms with Gasteiger partial charge in [0.1, 0.15) is 0 Å². The van der Waals surface area contributed by atoms with E-state index in [1.165, 1.54) is 0 Å². The molecule has 0 aliphatic rings. The van der Waals surface area contributed by atoms with Gasteiger partial charge in [0.05, 0.1) is 22.4 Å². The smallest absolute Gasteiger partial charge is 0.0730 e. The highest BCUT2D eigenvalue weighted by atomic mass is 35.5. The number of anilines is 2. The lowest BCUT2D eigenvalue weighted by atomic mass is 10.1. The predicted molar refractivity (Wildman–Crippen MR) is 168 cm³/mol. The normalized spacial score (nSPS) is 10.8. The molecule has 0 unspecified atom stereocenters. The Hall–Kier alpha value is -4.41. The summed E-state index contributed by atoms with van der Waals surface area (Å²) in [5.74, 6) is 0. The Morgan fingerprint density at radius 3 is 1.28 bits per heavy atom. The minimum absolute atomic E-state index is 0. The molecule has 0 fully saturated rings. The summed E-state index contributed by atoms with van der Waals surface area (Å²) < 4.78 is 0. The van der Waals surface area contributed by atoms with Gasteiger partial charge >= 0.3 is 0 Å². The Bertz CT molecular complexity index is 1540. The van der Waals surface area contributed by atoms with Gasteiger partial charge in [-0.25, -0.2) is 9.97 Å². The lowest BCUT2D eigenvalue weighted by Gasteiger charge is -2.14. The second-order valence-corrected chi connectivity index (χ2v) is 9.44. The van der Waals surface area contributed by atoms with Crippen molar-refractivity contribution in [3.8, 4) is 22.5 Å². The first kappa shape index (κ1) is 26.2. The number of fused-ring (bicyclic) bond motifs is 2. The van der Waals surface area contributed by atoms with Crippen LogP contribution in [0, 0.1) is 0 Å². The van der Waals surface area contributed by atoms with E-state index >= 15 is 0 Å². The van der Waals surface area contributed by atoms with Crippen molar-refractivity contribution in [2.24, 2.45) is 0 Å². The number of aromatic nitrogens is 2. The lowest BCUT2D eigenvalue weighted by molar-refractivity contribution is 0.797. The molecular formula is C34H31ClN4. The average molecular weight is 531 g/mol. The Morgan fingerprint density at radius 1 is 0.462 bits per heavy atom. The summed E-state index contributed by atoms with van der Waals surface area (Å²) >= 11 is 0. The van der Waals surface area contributed by atoms with Crippen LogP contribution in [-0.2, 0) is 0 Å². The summed E-state index contributed by atoms with van der Waals surface area (Å²) in [6.07, 6.45) is 2.11. The predicted octanol–water partition coefficient (Wildman–Crippen LogP) is 8.84. The van der Waals surface area contributed by atoms with E-state index in [9.17, 15) is 0 Å². The van der Waals surface area contributed by atoms with Crippen molar-refractivity contribution in [1.82, 2.24) is 9.97 Å². The van der Waals surface area contributed by atoms with Gasteiger partial charge in [-0.2, -0.15) is 0 Å². The van der Waals surface area contributed by atoms with Crippen LogP contribution in [0.25, 0.3) is 44.3 Å². The summed E-state index contributed by atoms with van der Waals surface area (Å²) in [5, 5.41) is 9.67. The van der Waals surface area contributed by atoms with Crippen LogP contribution in [0.4, 0.5) is 11.4 Å². The Kier molecular flexibility index (Phi) is 8.35. The van der Waals surface area contributed by atoms with Crippen molar-refractivity contribution in [3.63, 3.8) is 0 Å². The van der Waals surface area contributed by atoms with Crippen molar-refractivity contribution in [1.29, 1.82) is 0 Å². The van der Waals surface area contributed by atoms with Crippen molar-refractivity contribution in [2.75, 3.05) is 23.7 Å². The monoisotopic (exact) mass is 530 g/mol. The summed E-state index contributed by atoms with van der Waals surface area (Å²) in [6, 6.07) is 41.8. The Morgan fingerprint density at radius 2 is 0.846 bits per heavy atom. The standard InChI is InChI=1S/C34H30N4.ClH/c1-3-13-25(14-4-1)31-23-33(27-17-7-9-19-29(27)37-31)35-21-11-12-22-36-34-24-32(26-15-5-2-6-16-26)38-30-20-10-8-18-28(30)34;/h1-10,13-20,23-24H,11-12,21-22H2,(H,35,37)(H,36,38);1H. The molecule has 6 rings (SSSR count). The topological polar surface area (TPSA) is 49.8 Å². The number of benzene rings is 4. The van der Waals surface area contributed by atoms with Crippen molar-refractivity contribution >= 4 is 45.6 Å². The molecule has 39 heavy (non-hydrogen) atoms. The third-order valence-corrected chi connectivity index (χ3v) is 6.81. The third kappa shape index (κ3) is 6.02. The van der Waals surface area contributed by atoms with Gasteiger partial charge in [0.15, 0.2) is 0 Å². The zero-order valence-electron chi connectivity index (χ0n) is 21.7. The molecule has 4 aromatic carbocycles. The Balaban J connectivity index is 0.00000308. The number of unbranched alkanes of at least 4 members (excludes halogenated alkanes) is 1. The van der Waals surface area contributed by atoms with Crippen LogP contribution in [-0.4, -0.2) is 23.1 Å². The molecule has 0 amide bonds. The molecule has 2 N–H and O–H groups in total. The van der Waals surface area contributed by atoms with Crippen LogP contribution in [0.2, 0.25) is 0 Å². The molecule has 0 aliphatic heterocycles. The van der Waals surface area contributed by atoms with Gasteiger partial charge in [0.25, 0.3) is 0 Å². The van der Waals surface area contributed by atoms with E-state index in [0.717, 1.165) is 81.6 Å². The van der Waals surface area contributed by atoms with Crippen molar-refractivity contribution in [2.45, 2.75) is 12.8 Å². The van der Waals surface area contributed by atoms with E-state index in [-0.39, 0.29) is 12.4 Å². The fourth-order valence-corrected chi connectivity index (χ4v) is 4.85. The zero-order chi connectivity index (χ0) is 25.6. The van der Waals surface area contributed by atoms with Crippen molar-refractivity contribution in [3.05, 3.63) is 121 Å². The van der Waals surface area contributed by atoms with Crippen molar-refractivity contribution < 1.29 is 0 Å². The van der Waals surface area contributed by atoms with Crippen LogP contribution in [0.1, 0.15) is 12.8 Å². The first-order valence-corrected chi connectivity index (χ1v) is 13.2. The van der Waals surface area contributed by atoms with Crippen LogP contribution in [0.15, 0.2) is 121 Å². The molecule has 0 aliphatic carbocycles. The van der Waals surface area contributed by atoms with E-state index in [2.05, 4.69) is 108 Å². The number of pyridine rings is 2. The van der Waals surface area contributed by atoms with Crippen LogP contribution >= 0.6 is 12.4 Å². The molecule has 194 valence electrons. The number of halogens is 1. The SMILES string of the molecule is Cl.c1ccc(-c2cc(NCCCCNc3cc(-c4ccccc4)nc4ccccc34)c3ccccc3n2)cc1. The maximum absolute atomic E-state index is 4.90. The van der Waals surface area contributed by atoms with E-state index in [1.54, 1.807) is 0 Å². The van der Waals surface area contributed by atoms with Crippen LogP contribution in [0.5, 0.6) is 0 Å². The number of rotatable bonds is 9. The first-order chi connectivity index (χ1) is 18.8. The quantitative estimate of drug-likeness (QED) is 0.183. The highest BCUT2D eigenvalue weighted by Gasteiger charge is 2.09. The highest BCUT2D eigenvalue weighted by molar-refractivity contribution is 5.94. The summed E-state index contributed by atoms with van der Waals surface area (Å²) in [7, 11) is 0. The average Bonchev–Trinajstić information content (AvgIpc) is 2.99. The molecule has 4 nitrogen and oxygen atoms in total. The molecular weight excluding hydrogens is 500 g/mol. The third-order valence-electron chi connectivity index (χ3n) is 6.81. The minimum Gasteiger partial charge on any atom is -0.384 e. The van der Waals surface area contributed by atoms with Gasteiger partial charge in [0, 0.05) is 46.4 Å². The van der Waals surface area contributed by atoms with Gasteiger partial charge in [-0.1, -0.05) is 97.1 Å². The molecule has 0 saturated carbocycles. The molecule has 0 saturated heterocycles. The lowest BCUT2D eigenvalue weighted by Crippen LogP contribution is -2.07. The fraction of sp³-hybridized carbons (Fsp3) is 0.118. The van der Waals surface area contributed by atoms with Gasteiger partial charge in [-0.05, 0) is 37.1 Å². The largest absolute Gasteiger partial charge is 0.384 e. The van der Waals surface area contributed by atoms with E-state index < -0.39 is 0 Å². The minimum atomic E-state index is 0. The van der Waals surface area contributed by atoms with Crippen LogP contribution in [0.3, 0.4) is 0 Å². The van der Waals surface area contributed by atoms with Crippen LogP contribution < -0.4 is 10.6 Å².